The van der Waals surface area contributed by atoms with Crippen molar-refractivity contribution in [1.82, 2.24) is 14.5 Å². The number of aromatic nitrogens is 2. The van der Waals surface area contributed by atoms with Gasteiger partial charge >= 0.3 is 5.69 Å². The van der Waals surface area contributed by atoms with Crippen LogP contribution in [0.25, 0.3) is 12.2 Å². The summed E-state index contributed by atoms with van der Waals surface area (Å²) in [6.45, 7) is 7.27. The second kappa shape index (κ2) is 5.78. The number of imide groups is 1. The number of carbonyl (C=O) groups excluding carboxylic acids is 2. The number of hydrogen-bond acceptors (Lipinski definition) is 3. The van der Waals surface area contributed by atoms with E-state index in [9.17, 15) is 14.4 Å². The van der Waals surface area contributed by atoms with E-state index in [1.165, 1.54) is 9.13 Å². The van der Waals surface area contributed by atoms with E-state index in [4.69, 9.17) is 0 Å². The summed E-state index contributed by atoms with van der Waals surface area (Å²) in [5.74, 6) is -0.768. The van der Waals surface area contributed by atoms with Crippen molar-refractivity contribution in [3.05, 3.63) is 46.5 Å². The van der Waals surface area contributed by atoms with Gasteiger partial charge in [0.25, 0.3) is 0 Å². The molecule has 1 aliphatic heterocycles. The number of hydrogen-bond donors (Lipinski definition) is 1. The van der Waals surface area contributed by atoms with Crippen LogP contribution in [0.2, 0.25) is 0 Å². The highest BCUT2D eigenvalue weighted by Gasteiger charge is 2.30. The zero-order valence-electron chi connectivity index (χ0n) is 11.8. The van der Waals surface area contributed by atoms with Gasteiger partial charge in [0.15, 0.2) is 0 Å². The molecular formula is C15H17N3O3. The summed E-state index contributed by atoms with van der Waals surface area (Å²) in [7, 11) is 1.63. The number of rotatable bonds is 3. The Kier molecular flexibility index (Phi) is 4.07. The van der Waals surface area contributed by atoms with Crippen LogP contribution in [0.4, 0.5) is 0 Å². The Morgan fingerprint density at radius 3 is 2.33 bits per heavy atom. The van der Waals surface area contributed by atoms with Gasteiger partial charge in [-0.25, -0.2) is 4.79 Å². The van der Waals surface area contributed by atoms with Crippen LogP contribution in [0.15, 0.2) is 30.1 Å². The number of piperidine rings is 1. The smallest absolute Gasteiger partial charge is 0.295 e. The van der Waals surface area contributed by atoms with Crippen molar-refractivity contribution in [3.63, 3.8) is 0 Å². The Bertz CT molecular complexity index is 795. The zero-order chi connectivity index (χ0) is 15.6. The molecule has 1 N–H and O–H groups in total. The molecule has 0 aliphatic carbocycles. The molecule has 0 bridgehead atoms. The molecule has 1 unspecified atom stereocenters. The van der Waals surface area contributed by atoms with Crippen LogP contribution in [-0.4, -0.2) is 20.9 Å². The van der Waals surface area contributed by atoms with Gasteiger partial charge in [0.05, 0.1) is 10.7 Å². The Morgan fingerprint density at radius 1 is 1.14 bits per heavy atom. The first-order chi connectivity index (χ1) is 10.0. The van der Waals surface area contributed by atoms with Gasteiger partial charge in [0.2, 0.25) is 11.8 Å². The van der Waals surface area contributed by atoms with Gasteiger partial charge in [-0.3, -0.25) is 24.0 Å². The van der Waals surface area contributed by atoms with E-state index < -0.39 is 11.9 Å². The average Bonchev–Trinajstić information content (AvgIpc) is 2.66. The molecule has 0 saturated carbocycles. The highest BCUT2D eigenvalue weighted by atomic mass is 16.2. The normalized spacial score (nSPS) is 20.5. The number of nitrogens with zero attached hydrogens (tertiary/aromatic N) is 2. The maximum Gasteiger partial charge on any atom is 0.329 e. The van der Waals surface area contributed by atoms with Crippen LogP contribution in [0.5, 0.6) is 0 Å². The fourth-order valence-electron chi connectivity index (χ4n) is 2.48. The molecule has 1 atom stereocenters. The third-order valence-electron chi connectivity index (χ3n) is 3.45. The molecule has 1 fully saturated rings. The van der Waals surface area contributed by atoms with Crippen molar-refractivity contribution in [2.45, 2.75) is 18.9 Å². The largest absolute Gasteiger partial charge is 0.329 e. The predicted molar refractivity (Wildman–Crippen MR) is 79.7 cm³/mol. The van der Waals surface area contributed by atoms with E-state index in [1.54, 1.807) is 31.4 Å². The second-order valence-electron chi connectivity index (χ2n) is 4.75. The molecule has 0 radical (unpaired) electrons. The summed E-state index contributed by atoms with van der Waals surface area (Å²) in [5.41, 5.74) is -0.314. The number of nitrogens with one attached hydrogen (secondary N) is 1. The van der Waals surface area contributed by atoms with E-state index in [0.717, 1.165) is 0 Å². The lowest BCUT2D eigenvalue weighted by Crippen LogP contribution is -2.47. The number of imidazole rings is 1. The first kappa shape index (κ1) is 14.8. The van der Waals surface area contributed by atoms with E-state index in [1.807, 2.05) is 0 Å². The summed E-state index contributed by atoms with van der Waals surface area (Å²) >= 11 is 0. The summed E-state index contributed by atoms with van der Waals surface area (Å²) in [6, 6.07) is -0.695. The van der Waals surface area contributed by atoms with Crippen molar-refractivity contribution in [3.8, 4) is 0 Å². The minimum atomic E-state index is -0.695. The van der Waals surface area contributed by atoms with E-state index >= 15 is 0 Å². The summed E-state index contributed by atoms with van der Waals surface area (Å²) in [6.07, 6.45) is 7.01. The Hall–Kier alpha value is -2.63. The fourth-order valence-corrected chi connectivity index (χ4v) is 2.48. The van der Waals surface area contributed by atoms with Crippen LogP contribution >= 0.6 is 0 Å². The maximum absolute atomic E-state index is 12.4. The van der Waals surface area contributed by atoms with Crippen molar-refractivity contribution < 1.29 is 9.59 Å². The molecule has 110 valence electrons. The Balaban J connectivity index is 2.76. The molecule has 1 aliphatic rings. The minimum absolute atomic E-state index is 0.214. The average molecular weight is 287 g/mol. The highest BCUT2D eigenvalue weighted by Crippen LogP contribution is 2.14. The van der Waals surface area contributed by atoms with E-state index in [2.05, 4.69) is 18.5 Å². The minimum Gasteiger partial charge on any atom is -0.295 e. The molecule has 1 aromatic heterocycles. The van der Waals surface area contributed by atoms with Crippen LogP contribution in [0.1, 0.15) is 18.9 Å². The van der Waals surface area contributed by atoms with E-state index in [-0.39, 0.29) is 18.0 Å². The summed E-state index contributed by atoms with van der Waals surface area (Å²) < 4.78 is 2.85. The van der Waals surface area contributed by atoms with Gasteiger partial charge in [0.1, 0.15) is 6.04 Å². The highest BCUT2D eigenvalue weighted by molar-refractivity contribution is 5.99. The van der Waals surface area contributed by atoms with Crippen molar-refractivity contribution in [2.75, 3.05) is 0 Å². The Morgan fingerprint density at radius 2 is 1.76 bits per heavy atom. The van der Waals surface area contributed by atoms with Gasteiger partial charge in [-0.2, -0.15) is 0 Å². The molecule has 0 aromatic carbocycles. The molecular weight excluding hydrogens is 270 g/mol. The first-order valence-corrected chi connectivity index (χ1v) is 6.57. The van der Waals surface area contributed by atoms with Crippen LogP contribution in [0.3, 0.4) is 0 Å². The third-order valence-corrected chi connectivity index (χ3v) is 3.45. The summed E-state index contributed by atoms with van der Waals surface area (Å²) in [5, 5.41) is 3.48. The van der Waals surface area contributed by atoms with E-state index in [0.29, 0.717) is 17.1 Å². The predicted octanol–water partition coefficient (Wildman–Crippen LogP) is -0.902. The van der Waals surface area contributed by atoms with Crippen molar-refractivity contribution >= 4 is 24.0 Å². The topological polar surface area (TPSA) is 73.1 Å². The molecule has 6 nitrogen and oxygen atoms in total. The van der Waals surface area contributed by atoms with Crippen LogP contribution in [0, 0.1) is 0 Å². The van der Waals surface area contributed by atoms with Crippen molar-refractivity contribution in [1.29, 1.82) is 0 Å². The number of allylic oxidation sites excluding steroid dienone is 2. The molecule has 1 aromatic rings. The lowest BCUT2D eigenvalue weighted by atomic mass is 10.1. The van der Waals surface area contributed by atoms with Gasteiger partial charge < -0.3 is 0 Å². The second-order valence-corrected chi connectivity index (χ2v) is 4.75. The monoisotopic (exact) mass is 287 g/mol. The van der Waals surface area contributed by atoms with Gasteiger partial charge in [-0.15, -0.1) is 0 Å². The van der Waals surface area contributed by atoms with Gasteiger partial charge in [-0.05, 0) is 18.6 Å². The third kappa shape index (κ3) is 2.52. The SMILES string of the molecule is C=C/C=c1\c(=C/C=C)n(C2CCC(=O)NC2=O)c(=O)n1C. The lowest BCUT2D eigenvalue weighted by Gasteiger charge is -2.21. The fraction of sp³-hybridized carbons (Fsp3) is 0.267. The molecule has 1 saturated heterocycles. The Labute approximate surface area is 121 Å². The first-order valence-electron chi connectivity index (χ1n) is 6.57. The number of amides is 2. The quantitative estimate of drug-likeness (QED) is 0.732. The van der Waals surface area contributed by atoms with Crippen molar-refractivity contribution in [2.24, 2.45) is 7.05 Å². The lowest BCUT2D eigenvalue weighted by molar-refractivity contribution is -0.135. The summed E-state index contributed by atoms with van der Waals surface area (Å²) in [4.78, 5) is 35.7. The van der Waals surface area contributed by atoms with Crippen LogP contribution in [-0.2, 0) is 16.6 Å². The molecule has 2 heterocycles. The maximum atomic E-state index is 12.4. The molecule has 2 rings (SSSR count). The number of carbonyl (C=O) groups is 2. The standard InChI is InChI=1S/C15H17N3O3/c1-4-6-10-11(7-5-2)18(15(21)17(10)3)12-8-9-13(19)16-14(12)20/h4-7,12H,1-2,8-9H2,3H3,(H,16,19,20)/b10-6+,11-7+. The van der Waals surface area contributed by atoms with Gasteiger partial charge in [-0.1, -0.05) is 25.3 Å². The van der Waals surface area contributed by atoms with Gasteiger partial charge in [0, 0.05) is 13.5 Å². The van der Waals surface area contributed by atoms with Crippen LogP contribution < -0.4 is 21.7 Å². The molecule has 0 spiro atoms. The molecule has 2 amide bonds. The molecule has 6 heteroatoms. The zero-order valence-corrected chi connectivity index (χ0v) is 11.8. The molecule has 21 heavy (non-hydrogen) atoms.